The van der Waals surface area contributed by atoms with Crippen molar-refractivity contribution in [2.24, 2.45) is 0 Å². The van der Waals surface area contributed by atoms with Gasteiger partial charge in [-0.25, -0.2) is 0 Å². The Labute approximate surface area is 279 Å². The molecule has 0 saturated carbocycles. The van der Waals surface area contributed by atoms with Gasteiger partial charge < -0.3 is 4.90 Å². The average molecular weight is 614 g/mol. The molecule has 0 aromatic heterocycles. The molecule has 7 rings (SSSR count). The summed E-state index contributed by atoms with van der Waals surface area (Å²) in [5.41, 5.74) is 13.6. The van der Waals surface area contributed by atoms with Gasteiger partial charge in [-0.05, 0) is 87.4 Å². The van der Waals surface area contributed by atoms with E-state index in [9.17, 15) is 0 Å². The standard InChI is InChI=1S/C44H43N3/c1-43(2)37-16-10-12-18-39(37)45(5)41(43)30-24-32-20-26-35(27-21-32)47(34-14-8-7-9-15-34)36-28-22-33(23-29-36)25-31-42-44(3,4)38-17-11-13-19-40(38)46(42)6/h7-31H,1-6H3/q+2. The Balaban J connectivity index is 1.14. The van der Waals surface area contributed by atoms with Crippen molar-refractivity contribution in [1.29, 1.82) is 0 Å². The number of nitrogens with zero attached hydrogens (tertiary/aromatic N) is 3. The lowest BCUT2D eigenvalue weighted by Gasteiger charge is -2.25. The summed E-state index contributed by atoms with van der Waals surface area (Å²) in [5, 5.41) is 0. The van der Waals surface area contributed by atoms with Crippen LogP contribution in [-0.2, 0) is 10.8 Å². The lowest BCUT2D eigenvalue weighted by Crippen LogP contribution is -2.26. The second kappa shape index (κ2) is 11.8. The molecule has 0 bridgehead atoms. The van der Waals surface area contributed by atoms with Crippen LogP contribution < -0.4 is 4.90 Å². The van der Waals surface area contributed by atoms with Crippen LogP contribution in [0.25, 0.3) is 12.2 Å². The summed E-state index contributed by atoms with van der Waals surface area (Å²) in [6, 6.07) is 45.7. The van der Waals surface area contributed by atoms with Crippen LogP contribution in [0.2, 0.25) is 0 Å². The molecule has 2 heterocycles. The molecule has 5 aromatic carbocycles. The first kappa shape index (κ1) is 30.4. The van der Waals surface area contributed by atoms with E-state index in [0.717, 1.165) is 17.1 Å². The number of fused-ring (bicyclic) bond motifs is 2. The third kappa shape index (κ3) is 5.36. The molecule has 2 aliphatic heterocycles. The summed E-state index contributed by atoms with van der Waals surface area (Å²) in [6.45, 7) is 9.23. The van der Waals surface area contributed by atoms with Crippen LogP contribution >= 0.6 is 0 Å². The van der Waals surface area contributed by atoms with Crippen molar-refractivity contribution in [1.82, 2.24) is 0 Å². The summed E-state index contributed by atoms with van der Waals surface area (Å²) in [5.74, 6) is 0. The lowest BCUT2D eigenvalue weighted by atomic mass is 9.81. The van der Waals surface area contributed by atoms with E-state index in [1.807, 2.05) is 0 Å². The van der Waals surface area contributed by atoms with Crippen molar-refractivity contribution in [3.8, 4) is 0 Å². The molecular formula is C44H43N3+2. The smallest absolute Gasteiger partial charge is 0.209 e. The minimum Gasteiger partial charge on any atom is -0.311 e. The van der Waals surface area contributed by atoms with Crippen LogP contribution in [-0.4, -0.2) is 34.7 Å². The van der Waals surface area contributed by atoms with Gasteiger partial charge in [-0.15, -0.1) is 0 Å². The number of anilines is 3. The van der Waals surface area contributed by atoms with Crippen molar-refractivity contribution in [3.63, 3.8) is 0 Å². The highest BCUT2D eigenvalue weighted by Gasteiger charge is 2.43. The summed E-state index contributed by atoms with van der Waals surface area (Å²) in [6.07, 6.45) is 9.02. The maximum absolute atomic E-state index is 2.32. The van der Waals surface area contributed by atoms with Crippen molar-refractivity contribution >= 4 is 52.0 Å². The molecule has 3 nitrogen and oxygen atoms in total. The Morgan fingerprint density at radius 3 is 1.19 bits per heavy atom. The highest BCUT2D eigenvalue weighted by molar-refractivity contribution is 6.06. The molecule has 0 spiro atoms. The zero-order valence-electron chi connectivity index (χ0n) is 28.3. The first-order valence-electron chi connectivity index (χ1n) is 16.5. The quantitative estimate of drug-likeness (QED) is 0.166. The highest BCUT2D eigenvalue weighted by atomic mass is 15.1. The van der Waals surface area contributed by atoms with Gasteiger partial charge in [0.2, 0.25) is 11.4 Å². The van der Waals surface area contributed by atoms with Crippen molar-refractivity contribution in [2.45, 2.75) is 38.5 Å². The third-order valence-electron chi connectivity index (χ3n) is 10.1. The molecular weight excluding hydrogens is 571 g/mol. The van der Waals surface area contributed by atoms with E-state index in [1.54, 1.807) is 0 Å². The molecule has 2 aliphatic rings. The number of benzene rings is 5. The molecule has 0 amide bonds. The van der Waals surface area contributed by atoms with Gasteiger partial charge in [0.15, 0.2) is 11.4 Å². The van der Waals surface area contributed by atoms with Gasteiger partial charge in [0.05, 0.1) is 10.8 Å². The van der Waals surface area contributed by atoms with Crippen LogP contribution in [0.5, 0.6) is 0 Å². The monoisotopic (exact) mass is 613 g/mol. The summed E-state index contributed by atoms with van der Waals surface area (Å²) >= 11 is 0. The number of hydrogen-bond acceptors (Lipinski definition) is 1. The fourth-order valence-electron chi connectivity index (χ4n) is 7.45. The Morgan fingerprint density at radius 2 is 0.787 bits per heavy atom. The van der Waals surface area contributed by atoms with Crippen molar-refractivity contribution in [3.05, 3.63) is 162 Å². The average Bonchev–Trinajstić information content (AvgIpc) is 3.41. The van der Waals surface area contributed by atoms with Crippen LogP contribution in [0.1, 0.15) is 49.9 Å². The first-order valence-corrected chi connectivity index (χ1v) is 16.5. The SMILES string of the molecule is C[N+]1=C(/C=C/c2ccc(N(c3ccccc3)c3ccc(/C=C/C4=[N+](C)c5ccccc5C4(C)C)cc3)cc2)C(C)(C)c2ccccc21. The second-order valence-corrected chi connectivity index (χ2v) is 13.7. The van der Waals surface area contributed by atoms with Crippen LogP contribution in [0.3, 0.4) is 0 Å². The van der Waals surface area contributed by atoms with Gasteiger partial charge in [0, 0.05) is 52.5 Å². The maximum atomic E-state index is 2.32. The van der Waals surface area contributed by atoms with Crippen LogP contribution in [0.15, 0.2) is 140 Å². The zero-order chi connectivity index (χ0) is 32.8. The summed E-state index contributed by atoms with van der Waals surface area (Å²) in [7, 11) is 4.34. The van der Waals surface area contributed by atoms with Crippen molar-refractivity contribution in [2.75, 3.05) is 19.0 Å². The minimum atomic E-state index is -0.0415. The molecule has 47 heavy (non-hydrogen) atoms. The molecule has 0 aliphatic carbocycles. The van der Waals surface area contributed by atoms with E-state index in [0.29, 0.717) is 0 Å². The first-order chi connectivity index (χ1) is 22.7. The van der Waals surface area contributed by atoms with Gasteiger partial charge in [-0.1, -0.05) is 78.9 Å². The molecule has 3 heteroatoms. The molecule has 0 N–H and O–H groups in total. The summed E-state index contributed by atoms with van der Waals surface area (Å²) < 4.78 is 4.64. The third-order valence-corrected chi connectivity index (χ3v) is 10.1. The molecule has 0 atom stereocenters. The highest BCUT2D eigenvalue weighted by Crippen LogP contribution is 2.41. The molecule has 232 valence electrons. The second-order valence-electron chi connectivity index (χ2n) is 13.7. The van der Waals surface area contributed by atoms with E-state index < -0.39 is 0 Å². The number of hydrogen-bond donors (Lipinski definition) is 0. The Bertz CT molecular complexity index is 1940. The molecule has 0 unspecified atom stereocenters. The maximum Gasteiger partial charge on any atom is 0.209 e. The van der Waals surface area contributed by atoms with Gasteiger partial charge in [0.25, 0.3) is 0 Å². The van der Waals surface area contributed by atoms with Gasteiger partial charge in [-0.3, -0.25) is 0 Å². The molecule has 0 fully saturated rings. The van der Waals surface area contributed by atoms with Crippen LogP contribution in [0, 0.1) is 0 Å². The predicted molar refractivity (Wildman–Crippen MR) is 200 cm³/mol. The number of allylic oxidation sites excluding steroid dienone is 2. The van der Waals surface area contributed by atoms with Gasteiger partial charge in [-0.2, -0.15) is 9.15 Å². The summed E-state index contributed by atoms with van der Waals surface area (Å²) in [4.78, 5) is 2.32. The Morgan fingerprint density at radius 1 is 0.426 bits per heavy atom. The zero-order valence-corrected chi connectivity index (χ0v) is 28.3. The molecule has 5 aromatic rings. The molecule has 0 saturated heterocycles. The van der Waals surface area contributed by atoms with Crippen molar-refractivity contribution < 1.29 is 9.15 Å². The number of rotatable bonds is 7. The van der Waals surface area contributed by atoms with E-state index in [2.05, 4.69) is 208 Å². The normalized spacial score (nSPS) is 16.3. The van der Waals surface area contributed by atoms with E-state index >= 15 is 0 Å². The van der Waals surface area contributed by atoms with Crippen LogP contribution in [0.4, 0.5) is 28.4 Å². The topological polar surface area (TPSA) is 9.26 Å². The van der Waals surface area contributed by atoms with Gasteiger partial charge in [0.1, 0.15) is 14.1 Å². The lowest BCUT2D eigenvalue weighted by molar-refractivity contribution is -0.401. The Kier molecular flexibility index (Phi) is 7.64. The van der Waals surface area contributed by atoms with E-state index in [1.165, 1.54) is 45.1 Å². The van der Waals surface area contributed by atoms with Gasteiger partial charge >= 0.3 is 0 Å². The largest absolute Gasteiger partial charge is 0.311 e. The predicted octanol–water partition coefficient (Wildman–Crippen LogP) is 10.6. The fraction of sp³-hybridized carbons (Fsp3) is 0.182. The minimum absolute atomic E-state index is 0.0415. The van der Waals surface area contributed by atoms with E-state index in [4.69, 9.17) is 0 Å². The Hall–Kier alpha value is -5.28. The van der Waals surface area contributed by atoms with E-state index in [-0.39, 0.29) is 10.8 Å². The number of para-hydroxylation sites is 3. The molecule has 0 radical (unpaired) electrons. The fourth-order valence-corrected chi connectivity index (χ4v) is 7.45.